The van der Waals surface area contributed by atoms with Crippen molar-refractivity contribution in [1.29, 1.82) is 0 Å². The normalized spacial score (nSPS) is 10.8. The van der Waals surface area contributed by atoms with Gasteiger partial charge in [0.2, 0.25) is 5.82 Å². The van der Waals surface area contributed by atoms with E-state index >= 15 is 0 Å². The van der Waals surface area contributed by atoms with Gasteiger partial charge < -0.3 is 14.8 Å². The smallest absolute Gasteiger partial charge is 0.291 e. The molecule has 1 N–H and O–H groups in total. The van der Waals surface area contributed by atoms with Gasteiger partial charge in [0.25, 0.3) is 5.91 Å². The maximum Gasteiger partial charge on any atom is 0.291 e. The third-order valence-electron chi connectivity index (χ3n) is 4.28. The van der Waals surface area contributed by atoms with Crippen molar-refractivity contribution in [2.45, 2.75) is 19.9 Å². The Morgan fingerprint density at radius 2 is 1.80 bits per heavy atom. The zero-order valence-electron chi connectivity index (χ0n) is 16.7. The molecular weight excluding hydrogens is 427 g/mol. The van der Waals surface area contributed by atoms with Crippen molar-refractivity contribution in [3.63, 3.8) is 0 Å². The molecule has 2 aromatic carbocycles. The average molecular weight is 449 g/mol. The molecular formula is C21H22Cl2N4O3. The number of halogens is 2. The quantitative estimate of drug-likeness (QED) is 0.498. The second-order valence-electron chi connectivity index (χ2n) is 6.36. The van der Waals surface area contributed by atoms with Crippen molar-refractivity contribution in [3.05, 3.63) is 69.7 Å². The number of aryl methyl sites for hydroxylation is 1. The first-order valence-electron chi connectivity index (χ1n) is 9.42. The highest BCUT2D eigenvalue weighted by Crippen LogP contribution is 2.28. The number of carbonyl (C=O) groups excluding carboxylic acids is 1. The Balaban J connectivity index is 1.68. The van der Waals surface area contributed by atoms with Crippen LogP contribution in [0.5, 0.6) is 5.75 Å². The molecule has 0 atom stereocenters. The van der Waals surface area contributed by atoms with Crippen molar-refractivity contribution in [3.8, 4) is 11.4 Å². The summed E-state index contributed by atoms with van der Waals surface area (Å²) < 4.78 is 12.0. The molecule has 0 radical (unpaired) electrons. The number of hydrogen-bond donors (Lipinski definition) is 1. The number of methoxy groups -OCH3 is 1. The molecule has 0 aliphatic rings. The molecule has 7 nitrogen and oxygen atoms in total. The van der Waals surface area contributed by atoms with Gasteiger partial charge in [0, 0.05) is 20.1 Å². The maximum atomic E-state index is 12.6. The van der Waals surface area contributed by atoms with E-state index in [0.717, 1.165) is 11.3 Å². The molecule has 1 aromatic heterocycles. The lowest BCUT2D eigenvalue weighted by atomic mass is 10.2. The van der Waals surface area contributed by atoms with Crippen LogP contribution in [-0.4, -0.2) is 41.0 Å². The lowest BCUT2D eigenvalue weighted by Gasteiger charge is -2.08. The predicted molar refractivity (Wildman–Crippen MR) is 116 cm³/mol. The summed E-state index contributed by atoms with van der Waals surface area (Å²) in [4.78, 5) is 16.9. The zero-order valence-corrected chi connectivity index (χ0v) is 18.2. The molecule has 1 heterocycles. The Kier molecular flexibility index (Phi) is 7.68. The van der Waals surface area contributed by atoms with E-state index < -0.39 is 0 Å². The summed E-state index contributed by atoms with van der Waals surface area (Å²) in [5.41, 5.74) is 1.43. The molecule has 0 saturated carbocycles. The fraction of sp³-hybridized carbons (Fsp3) is 0.286. The van der Waals surface area contributed by atoms with Crippen LogP contribution in [0, 0.1) is 0 Å². The largest absolute Gasteiger partial charge is 0.491 e. The Labute approximate surface area is 184 Å². The van der Waals surface area contributed by atoms with Gasteiger partial charge in [-0.2, -0.15) is 0 Å². The third kappa shape index (κ3) is 5.30. The standard InChI is InChI=1S/C21H22Cl2N4O3/c1-3-18-25-20(26-27(18)19-16(22)5-4-6-17(19)23)21(28)24-13-14-7-9-15(10-8-14)30-12-11-29-2/h4-10H,3,11-13H2,1-2H3,(H,24,28). The van der Waals surface area contributed by atoms with Crippen LogP contribution in [0.2, 0.25) is 10.0 Å². The lowest BCUT2D eigenvalue weighted by molar-refractivity contribution is 0.0940. The number of hydrogen-bond acceptors (Lipinski definition) is 5. The first-order chi connectivity index (χ1) is 14.5. The molecule has 0 saturated heterocycles. The van der Waals surface area contributed by atoms with Crippen LogP contribution in [0.3, 0.4) is 0 Å². The Hall–Kier alpha value is -2.61. The van der Waals surface area contributed by atoms with Crippen LogP contribution in [0.1, 0.15) is 28.9 Å². The summed E-state index contributed by atoms with van der Waals surface area (Å²) in [6, 6.07) is 12.6. The fourth-order valence-corrected chi connectivity index (χ4v) is 3.31. The summed E-state index contributed by atoms with van der Waals surface area (Å²) in [5, 5.41) is 8.03. The van der Waals surface area contributed by atoms with E-state index in [9.17, 15) is 4.79 Å². The minimum absolute atomic E-state index is 0.0577. The summed E-state index contributed by atoms with van der Waals surface area (Å²) in [6.45, 7) is 3.26. The molecule has 3 rings (SSSR count). The molecule has 0 bridgehead atoms. The van der Waals surface area contributed by atoms with Crippen LogP contribution < -0.4 is 10.1 Å². The molecule has 0 aliphatic carbocycles. The van der Waals surface area contributed by atoms with E-state index in [1.807, 2.05) is 31.2 Å². The SMILES string of the molecule is CCc1nc(C(=O)NCc2ccc(OCCOC)cc2)nn1-c1c(Cl)cccc1Cl. The van der Waals surface area contributed by atoms with Crippen molar-refractivity contribution >= 4 is 29.1 Å². The number of amides is 1. The fourth-order valence-electron chi connectivity index (χ4n) is 2.75. The number of ether oxygens (including phenoxy) is 2. The average Bonchev–Trinajstić information content (AvgIpc) is 3.17. The van der Waals surface area contributed by atoms with E-state index in [0.29, 0.717) is 47.7 Å². The van der Waals surface area contributed by atoms with Gasteiger partial charge in [-0.25, -0.2) is 9.67 Å². The van der Waals surface area contributed by atoms with E-state index in [1.54, 1.807) is 25.3 Å². The first kappa shape index (κ1) is 22.1. The molecule has 9 heteroatoms. The van der Waals surface area contributed by atoms with Gasteiger partial charge in [-0.1, -0.05) is 48.3 Å². The number of rotatable bonds is 9. The molecule has 0 spiro atoms. The minimum Gasteiger partial charge on any atom is -0.491 e. The maximum absolute atomic E-state index is 12.6. The highest BCUT2D eigenvalue weighted by Gasteiger charge is 2.19. The number of nitrogens with zero attached hydrogens (tertiary/aromatic N) is 3. The highest BCUT2D eigenvalue weighted by atomic mass is 35.5. The summed E-state index contributed by atoms with van der Waals surface area (Å²) >= 11 is 12.6. The van der Waals surface area contributed by atoms with Gasteiger partial charge in [0.05, 0.1) is 16.7 Å². The molecule has 30 heavy (non-hydrogen) atoms. The number of nitrogens with one attached hydrogen (secondary N) is 1. The first-order valence-corrected chi connectivity index (χ1v) is 10.2. The van der Waals surface area contributed by atoms with Gasteiger partial charge in [-0.05, 0) is 29.8 Å². The van der Waals surface area contributed by atoms with Crippen LogP contribution in [0.15, 0.2) is 42.5 Å². The molecule has 0 unspecified atom stereocenters. The minimum atomic E-state index is -0.382. The van der Waals surface area contributed by atoms with Gasteiger partial charge in [-0.3, -0.25) is 4.79 Å². The third-order valence-corrected chi connectivity index (χ3v) is 4.89. The van der Waals surface area contributed by atoms with E-state index in [-0.39, 0.29) is 11.7 Å². The Bertz CT molecular complexity index is 986. The zero-order chi connectivity index (χ0) is 21.5. The molecule has 0 fully saturated rings. The molecule has 3 aromatic rings. The lowest BCUT2D eigenvalue weighted by Crippen LogP contribution is -2.24. The van der Waals surface area contributed by atoms with Crippen LogP contribution in [-0.2, 0) is 17.7 Å². The van der Waals surface area contributed by atoms with Crippen molar-refractivity contribution in [2.75, 3.05) is 20.3 Å². The van der Waals surface area contributed by atoms with Crippen LogP contribution in [0.4, 0.5) is 0 Å². The summed E-state index contributed by atoms with van der Waals surface area (Å²) in [7, 11) is 1.62. The monoisotopic (exact) mass is 448 g/mol. The second-order valence-corrected chi connectivity index (χ2v) is 7.17. The van der Waals surface area contributed by atoms with Crippen LogP contribution in [0.25, 0.3) is 5.69 Å². The molecule has 0 aliphatic heterocycles. The predicted octanol–water partition coefficient (Wildman–Crippen LogP) is 4.09. The molecule has 158 valence electrons. The Morgan fingerprint density at radius 1 is 1.10 bits per heavy atom. The van der Waals surface area contributed by atoms with Crippen molar-refractivity contribution in [1.82, 2.24) is 20.1 Å². The van der Waals surface area contributed by atoms with Gasteiger partial charge >= 0.3 is 0 Å². The van der Waals surface area contributed by atoms with E-state index in [2.05, 4.69) is 15.4 Å². The van der Waals surface area contributed by atoms with Gasteiger partial charge in [-0.15, -0.1) is 5.10 Å². The highest BCUT2D eigenvalue weighted by molar-refractivity contribution is 6.37. The van der Waals surface area contributed by atoms with E-state index in [4.69, 9.17) is 32.7 Å². The number of aromatic nitrogens is 3. The summed E-state index contributed by atoms with van der Waals surface area (Å²) in [5.74, 6) is 1.01. The topological polar surface area (TPSA) is 78.3 Å². The second kappa shape index (κ2) is 10.4. The Morgan fingerprint density at radius 3 is 2.43 bits per heavy atom. The number of para-hydroxylation sites is 1. The van der Waals surface area contributed by atoms with E-state index in [1.165, 1.54) is 4.68 Å². The summed E-state index contributed by atoms with van der Waals surface area (Å²) in [6.07, 6.45) is 0.562. The molecule has 1 amide bonds. The van der Waals surface area contributed by atoms with Crippen LogP contribution >= 0.6 is 23.2 Å². The van der Waals surface area contributed by atoms with Gasteiger partial charge in [0.1, 0.15) is 23.9 Å². The number of carbonyl (C=O) groups is 1. The van der Waals surface area contributed by atoms with Crippen molar-refractivity contribution < 1.29 is 14.3 Å². The van der Waals surface area contributed by atoms with Crippen molar-refractivity contribution in [2.24, 2.45) is 0 Å². The number of benzene rings is 2. The van der Waals surface area contributed by atoms with Gasteiger partial charge in [0.15, 0.2) is 0 Å².